The molecule has 0 bridgehead atoms. The van der Waals surface area contributed by atoms with Gasteiger partial charge >= 0.3 is 0 Å². The second-order valence-electron chi connectivity index (χ2n) is 7.17. The Kier molecular flexibility index (Phi) is 10.2. The number of guanidine groups is 1. The molecule has 32 heavy (non-hydrogen) atoms. The van der Waals surface area contributed by atoms with Crippen LogP contribution in [0, 0.1) is 5.82 Å². The van der Waals surface area contributed by atoms with Crippen molar-refractivity contribution in [2.75, 3.05) is 13.6 Å². The molecule has 0 aliphatic heterocycles. The molecular weight excluding hydrogens is 522 g/mol. The van der Waals surface area contributed by atoms with Crippen LogP contribution in [0.3, 0.4) is 0 Å². The SMILES string of the molecule is CN=C(NCc1ccc(Cn2ccccc2=O)cc1)NCC(C)Oc1ccc(F)cc1.I. The van der Waals surface area contributed by atoms with Gasteiger partial charge in [0.05, 0.1) is 13.1 Å². The van der Waals surface area contributed by atoms with E-state index in [0.29, 0.717) is 31.3 Å². The van der Waals surface area contributed by atoms with E-state index in [1.807, 2.05) is 37.3 Å². The van der Waals surface area contributed by atoms with Gasteiger partial charge in [-0.3, -0.25) is 9.79 Å². The summed E-state index contributed by atoms with van der Waals surface area (Å²) >= 11 is 0. The van der Waals surface area contributed by atoms with E-state index >= 15 is 0 Å². The van der Waals surface area contributed by atoms with Gasteiger partial charge in [-0.15, -0.1) is 24.0 Å². The summed E-state index contributed by atoms with van der Waals surface area (Å²) in [5.41, 5.74) is 2.15. The van der Waals surface area contributed by atoms with Crippen molar-refractivity contribution < 1.29 is 9.13 Å². The lowest BCUT2D eigenvalue weighted by Gasteiger charge is -2.18. The molecule has 0 amide bonds. The summed E-state index contributed by atoms with van der Waals surface area (Å²) in [4.78, 5) is 16.1. The summed E-state index contributed by atoms with van der Waals surface area (Å²) in [6.45, 7) is 3.63. The van der Waals surface area contributed by atoms with Crippen LogP contribution in [-0.2, 0) is 13.1 Å². The molecule has 0 spiro atoms. The van der Waals surface area contributed by atoms with E-state index in [1.165, 1.54) is 12.1 Å². The Balaban J connectivity index is 0.00000363. The van der Waals surface area contributed by atoms with Gasteiger partial charge in [0.25, 0.3) is 5.56 Å². The van der Waals surface area contributed by atoms with E-state index in [1.54, 1.807) is 42.1 Å². The lowest BCUT2D eigenvalue weighted by Crippen LogP contribution is -2.41. The zero-order valence-corrected chi connectivity index (χ0v) is 20.5. The van der Waals surface area contributed by atoms with Crippen LogP contribution in [-0.4, -0.2) is 30.2 Å². The third kappa shape index (κ3) is 7.99. The Morgan fingerprint density at radius 3 is 2.38 bits per heavy atom. The summed E-state index contributed by atoms with van der Waals surface area (Å²) in [5, 5.41) is 6.49. The summed E-state index contributed by atoms with van der Waals surface area (Å²) < 4.78 is 20.4. The molecule has 0 aliphatic rings. The van der Waals surface area contributed by atoms with Crippen molar-refractivity contribution in [2.24, 2.45) is 4.99 Å². The Bertz CT molecular complexity index is 1050. The van der Waals surface area contributed by atoms with Crippen LogP contribution >= 0.6 is 24.0 Å². The smallest absolute Gasteiger partial charge is 0.250 e. The van der Waals surface area contributed by atoms with E-state index in [4.69, 9.17) is 4.74 Å². The average molecular weight is 550 g/mol. The molecule has 0 aliphatic carbocycles. The minimum Gasteiger partial charge on any atom is -0.489 e. The quantitative estimate of drug-likeness (QED) is 0.255. The minimum atomic E-state index is -0.287. The predicted octanol–water partition coefficient (Wildman–Crippen LogP) is 3.79. The first-order valence-corrected chi connectivity index (χ1v) is 10.1. The van der Waals surface area contributed by atoms with Crippen LogP contribution < -0.4 is 20.9 Å². The summed E-state index contributed by atoms with van der Waals surface area (Å²) in [6, 6.07) is 19.2. The zero-order chi connectivity index (χ0) is 22.1. The van der Waals surface area contributed by atoms with Crippen LogP contribution in [0.4, 0.5) is 4.39 Å². The fourth-order valence-corrected chi connectivity index (χ4v) is 2.98. The maximum atomic E-state index is 13.0. The molecule has 0 saturated heterocycles. The van der Waals surface area contributed by atoms with Gasteiger partial charge in [-0.1, -0.05) is 30.3 Å². The van der Waals surface area contributed by atoms with Crippen molar-refractivity contribution >= 4 is 29.9 Å². The zero-order valence-electron chi connectivity index (χ0n) is 18.1. The van der Waals surface area contributed by atoms with Gasteiger partial charge in [0.1, 0.15) is 17.7 Å². The predicted molar refractivity (Wildman–Crippen MR) is 136 cm³/mol. The van der Waals surface area contributed by atoms with Crippen molar-refractivity contribution in [2.45, 2.75) is 26.1 Å². The van der Waals surface area contributed by atoms with Crippen LogP contribution in [0.2, 0.25) is 0 Å². The Morgan fingerprint density at radius 1 is 1.03 bits per heavy atom. The number of nitrogens with one attached hydrogen (secondary N) is 2. The molecule has 0 fully saturated rings. The van der Waals surface area contributed by atoms with Crippen molar-refractivity contribution in [1.82, 2.24) is 15.2 Å². The molecule has 8 heteroatoms. The molecule has 2 aromatic carbocycles. The average Bonchev–Trinajstić information content (AvgIpc) is 2.78. The highest BCUT2D eigenvalue weighted by molar-refractivity contribution is 14.0. The third-order valence-electron chi connectivity index (χ3n) is 4.67. The molecule has 1 atom stereocenters. The molecule has 170 valence electrons. The molecule has 0 radical (unpaired) electrons. The van der Waals surface area contributed by atoms with Gasteiger partial charge in [-0.25, -0.2) is 4.39 Å². The highest BCUT2D eigenvalue weighted by Gasteiger charge is 2.06. The fraction of sp³-hybridized carbons (Fsp3) is 0.250. The number of halogens is 2. The van der Waals surface area contributed by atoms with Crippen molar-refractivity contribution in [1.29, 1.82) is 0 Å². The van der Waals surface area contributed by atoms with Crippen molar-refractivity contribution in [3.05, 3.63) is 100 Å². The maximum Gasteiger partial charge on any atom is 0.250 e. The topological polar surface area (TPSA) is 67.7 Å². The van der Waals surface area contributed by atoms with Crippen LogP contribution in [0.5, 0.6) is 5.75 Å². The van der Waals surface area contributed by atoms with E-state index in [2.05, 4.69) is 15.6 Å². The lowest BCUT2D eigenvalue weighted by molar-refractivity contribution is 0.223. The molecule has 1 unspecified atom stereocenters. The summed E-state index contributed by atoms with van der Waals surface area (Å²) in [7, 11) is 1.71. The first-order valence-electron chi connectivity index (χ1n) is 10.1. The van der Waals surface area contributed by atoms with Gasteiger partial charge in [0.2, 0.25) is 0 Å². The van der Waals surface area contributed by atoms with E-state index in [9.17, 15) is 9.18 Å². The van der Waals surface area contributed by atoms with E-state index in [0.717, 1.165) is 11.1 Å². The molecule has 6 nitrogen and oxygen atoms in total. The normalized spacial score (nSPS) is 11.9. The largest absolute Gasteiger partial charge is 0.489 e. The number of benzene rings is 2. The van der Waals surface area contributed by atoms with Crippen LogP contribution in [0.15, 0.2) is 82.7 Å². The number of aliphatic imine (C=N–C) groups is 1. The first-order chi connectivity index (χ1) is 15.0. The first kappa shape index (κ1) is 25.4. The second-order valence-corrected chi connectivity index (χ2v) is 7.17. The minimum absolute atomic E-state index is 0. The van der Waals surface area contributed by atoms with Crippen molar-refractivity contribution in [3.8, 4) is 5.75 Å². The maximum absolute atomic E-state index is 13.0. The number of aromatic nitrogens is 1. The Labute approximate surface area is 204 Å². The number of hydrogen-bond acceptors (Lipinski definition) is 3. The number of nitrogens with zero attached hydrogens (tertiary/aromatic N) is 2. The van der Waals surface area contributed by atoms with Gasteiger partial charge in [-0.05, 0) is 48.4 Å². The molecule has 3 rings (SSSR count). The molecule has 1 heterocycles. The fourth-order valence-electron chi connectivity index (χ4n) is 2.98. The Morgan fingerprint density at radius 2 is 1.72 bits per heavy atom. The summed E-state index contributed by atoms with van der Waals surface area (Å²) in [6.07, 6.45) is 1.67. The molecule has 1 aromatic heterocycles. The molecule has 2 N–H and O–H groups in total. The monoisotopic (exact) mass is 550 g/mol. The van der Waals surface area contributed by atoms with Gasteiger partial charge in [0.15, 0.2) is 5.96 Å². The van der Waals surface area contributed by atoms with Crippen molar-refractivity contribution in [3.63, 3.8) is 0 Å². The van der Waals surface area contributed by atoms with E-state index < -0.39 is 0 Å². The number of hydrogen-bond donors (Lipinski definition) is 2. The van der Waals surface area contributed by atoms with Gasteiger partial charge in [-0.2, -0.15) is 0 Å². The van der Waals surface area contributed by atoms with Gasteiger partial charge < -0.3 is 19.9 Å². The highest BCUT2D eigenvalue weighted by atomic mass is 127. The van der Waals surface area contributed by atoms with E-state index in [-0.39, 0.29) is 41.5 Å². The number of ether oxygens (including phenoxy) is 1. The number of pyridine rings is 1. The number of rotatable bonds is 8. The second kappa shape index (κ2) is 12.8. The van der Waals surface area contributed by atoms with Gasteiger partial charge in [0, 0.05) is 25.9 Å². The standard InChI is InChI=1S/C24H27FN4O2.HI/c1-18(31-22-12-10-21(25)11-13-22)15-27-24(26-2)28-16-19-6-8-20(9-7-19)17-29-14-4-3-5-23(29)30;/h3-14,18H,15-17H2,1-2H3,(H2,26,27,28);1H. The third-order valence-corrected chi connectivity index (χ3v) is 4.67. The molecule has 3 aromatic rings. The van der Waals surface area contributed by atoms with Crippen LogP contribution in [0.25, 0.3) is 0 Å². The van der Waals surface area contributed by atoms with Crippen LogP contribution in [0.1, 0.15) is 18.1 Å². The summed E-state index contributed by atoms with van der Waals surface area (Å²) in [5.74, 6) is 0.996. The Hall–Kier alpha value is -2.88. The highest BCUT2D eigenvalue weighted by Crippen LogP contribution is 2.12. The molecule has 0 saturated carbocycles. The molecular formula is C24H28FIN4O2. The lowest BCUT2D eigenvalue weighted by atomic mass is 10.1.